The standard InChI is InChI=1S/C12H16N2O2.2ClH/c1-2-11-12(16-8-15-11)6-9(1)5-10-7-13-3-4-14-10;;/h1-2,6,10,13-14H,3-5,7-8H2;2*1H. The van der Waals surface area contributed by atoms with Crippen molar-refractivity contribution in [2.24, 2.45) is 0 Å². The van der Waals surface area contributed by atoms with E-state index in [4.69, 9.17) is 9.47 Å². The van der Waals surface area contributed by atoms with E-state index in [1.165, 1.54) is 5.56 Å². The first-order chi connectivity index (χ1) is 7.92. The molecule has 0 aromatic heterocycles. The Morgan fingerprint density at radius 1 is 1.11 bits per heavy atom. The van der Waals surface area contributed by atoms with Gasteiger partial charge in [-0.05, 0) is 24.1 Å². The molecule has 102 valence electrons. The highest BCUT2D eigenvalue weighted by Gasteiger charge is 2.16. The van der Waals surface area contributed by atoms with Crippen molar-refractivity contribution in [3.05, 3.63) is 23.8 Å². The molecule has 18 heavy (non-hydrogen) atoms. The van der Waals surface area contributed by atoms with Crippen molar-refractivity contribution in [1.82, 2.24) is 10.6 Å². The molecule has 3 rings (SSSR count). The van der Waals surface area contributed by atoms with Gasteiger partial charge in [0.05, 0.1) is 0 Å². The monoisotopic (exact) mass is 292 g/mol. The lowest BCUT2D eigenvalue weighted by Crippen LogP contribution is -2.49. The quantitative estimate of drug-likeness (QED) is 0.864. The summed E-state index contributed by atoms with van der Waals surface area (Å²) in [6, 6.07) is 6.71. The van der Waals surface area contributed by atoms with Crippen molar-refractivity contribution in [2.45, 2.75) is 12.5 Å². The van der Waals surface area contributed by atoms with Crippen LogP contribution in [0.5, 0.6) is 11.5 Å². The van der Waals surface area contributed by atoms with Gasteiger partial charge in [0.1, 0.15) is 0 Å². The van der Waals surface area contributed by atoms with E-state index in [-0.39, 0.29) is 24.8 Å². The van der Waals surface area contributed by atoms with Gasteiger partial charge in [0.25, 0.3) is 0 Å². The second-order valence-electron chi connectivity index (χ2n) is 4.25. The molecule has 1 aromatic rings. The maximum Gasteiger partial charge on any atom is 0.231 e. The SMILES string of the molecule is Cl.Cl.c1cc2c(cc1CC1CNCCN1)OCO2. The predicted molar refractivity (Wildman–Crippen MR) is 75.4 cm³/mol. The van der Waals surface area contributed by atoms with Crippen molar-refractivity contribution in [3.63, 3.8) is 0 Å². The van der Waals surface area contributed by atoms with Crippen LogP contribution in [0.3, 0.4) is 0 Å². The smallest absolute Gasteiger partial charge is 0.231 e. The molecule has 2 aliphatic heterocycles. The largest absolute Gasteiger partial charge is 0.454 e. The van der Waals surface area contributed by atoms with Crippen LogP contribution in [0.25, 0.3) is 0 Å². The first-order valence-corrected chi connectivity index (χ1v) is 5.74. The summed E-state index contributed by atoms with van der Waals surface area (Å²) in [6.07, 6.45) is 1.03. The molecule has 0 bridgehead atoms. The molecular formula is C12H18Cl2N2O2. The van der Waals surface area contributed by atoms with Gasteiger partial charge in [-0.15, -0.1) is 24.8 Å². The summed E-state index contributed by atoms with van der Waals surface area (Å²) in [7, 11) is 0. The topological polar surface area (TPSA) is 42.5 Å². The lowest BCUT2D eigenvalue weighted by molar-refractivity contribution is 0.174. The van der Waals surface area contributed by atoms with Crippen LogP contribution in [-0.4, -0.2) is 32.5 Å². The van der Waals surface area contributed by atoms with Crippen LogP contribution in [0.15, 0.2) is 18.2 Å². The molecule has 1 aromatic carbocycles. The minimum Gasteiger partial charge on any atom is -0.454 e. The average Bonchev–Trinajstić information content (AvgIpc) is 2.77. The lowest BCUT2D eigenvalue weighted by Gasteiger charge is -2.24. The van der Waals surface area contributed by atoms with Crippen molar-refractivity contribution < 1.29 is 9.47 Å². The summed E-state index contributed by atoms with van der Waals surface area (Å²) in [5.41, 5.74) is 1.30. The maximum absolute atomic E-state index is 5.37. The zero-order valence-electron chi connectivity index (χ0n) is 9.98. The molecule has 0 amide bonds. The van der Waals surface area contributed by atoms with Crippen molar-refractivity contribution in [2.75, 3.05) is 26.4 Å². The van der Waals surface area contributed by atoms with Gasteiger partial charge in [0.2, 0.25) is 6.79 Å². The maximum atomic E-state index is 5.37. The molecule has 1 unspecified atom stereocenters. The number of hydrogen-bond acceptors (Lipinski definition) is 4. The zero-order chi connectivity index (χ0) is 10.8. The number of ether oxygens (including phenoxy) is 2. The summed E-state index contributed by atoms with van der Waals surface area (Å²) in [5, 5.41) is 6.89. The van der Waals surface area contributed by atoms with Crippen LogP contribution in [-0.2, 0) is 6.42 Å². The lowest BCUT2D eigenvalue weighted by atomic mass is 10.0. The molecule has 0 spiro atoms. The van der Waals surface area contributed by atoms with Crippen LogP contribution >= 0.6 is 24.8 Å². The summed E-state index contributed by atoms with van der Waals surface area (Å²) < 4.78 is 10.7. The highest BCUT2D eigenvalue weighted by molar-refractivity contribution is 5.85. The normalized spacial score (nSPS) is 20.8. The molecule has 2 N–H and O–H groups in total. The molecule has 0 saturated carbocycles. The Bertz CT molecular complexity index is 384. The van der Waals surface area contributed by atoms with Crippen LogP contribution in [0, 0.1) is 0 Å². The van der Waals surface area contributed by atoms with Crippen molar-refractivity contribution in [3.8, 4) is 11.5 Å². The number of nitrogens with one attached hydrogen (secondary N) is 2. The fourth-order valence-electron chi connectivity index (χ4n) is 2.21. The van der Waals surface area contributed by atoms with E-state index < -0.39 is 0 Å². The predicted octanol–water partition coefficient (Wildman–Crippen LogP) is 1.36. The number of halogens is 2. The van der Waals surface area contributed by atoms with E-state index in [0.29, 0.717) is 12.8 Å². The number of rotatable bonds is 2. The molecule has 2 heterocycles. The number of benzene rings is 1. The van der Waals surface area contributed by atoms with Gasteiger partial charge in [0.15, 0.2) is 11.5 Å². The van der Waals surface area contributed by atoms with Gasteiger partial charge in [-0.1, -0.05) is 6.07 Å². The molecule has 1 fully saturated rings. The Hall–Kier alpha value is -0.680. The van der Waals surface area contributed by atoms with Gasteiger partial charge in [0, 0.05) is 25.7 Å². The van der Waals surface area contributed by atoms with E-state index in [1.54, 1.807) is 0 Å². The Kier molecular flexibility index (Phi) is 6.02. The molecule has 1 atom stereocenters. The van der Waals surface area contributed by atoms with Crippen LogP contribution in [0.2, 0.25) is 0 Å². The molecule has 6 heteroatoms. The third-order valence-corrected chi connectivity index (χ3v) is 3.04. The first-order valence-electron chi connectivity index (χ1n) is 5.74. The van der Waals surface area contributed by atoms with Crippen molar-refractivity contribution >= 4 is 24.8 Å². The summed E-state index contributed by atoms with van der Waals surface area (Å²) in [5.74, 6) is 1.74. The van der Waals surface area contributed by atoms with E-state index in [0.717, 1.165) is 37.6 Å². The van der Waals surface area contributed by atoms with Crippen LogP contribution in [0.4, 0.5) is 0 Å². The average molecular weight is 293 g/mol. The molecule has 0 radical (unpaired) electrons. The summed E-state index contributed by atoms with van der Waals surface area (Å²) >= 11 is 0. The van der Waals surface area contributed by atoms with Gasteiger partial charge in [-0.2, -0.15) is 0 Å². The fraction of sp³-hybridized carbons (Fsp3) is 0.500. The minimum absolute atomic E-state index is 0. The molecule has 1 saturated heterocycles. The highest BCUT2D eigenvalue weighted by atomic mass is 35.5. The van der Waals surface area contributed by atoms with Crippen LogP contribution in [0.1, 0.15) is 5.56 Å². The Morgan fingerprint density at radius 3 is 2.72 bits per heavy atom. The third kappa shape index (κ3) is 3.42. The molecule has 2 aliphatic rings. The number of fused-ring (bicyclic) bond motifs is 1. The minimum atomic E-state index is 0. The van der Waals surface area contributed by atoms with Crippen LogP contribution < -0.4 is 20.1 Å². The summed E-state index contributed by atoms with van der Waals surface area (Å²) in [6.45, 7) is 3.50. The summed E-state index contributed by atoms with van der Waals surface area (Å²) in [4.78, 5) is 0. The number of piperazine rings is 1. The third-order valence-electron chi connectivity index (χ3n) is 3.04. The highest BCUT2D eigenvalue weighted by Crippen LogP contribution is 2.32. The van der Waals surface area contributed by atoms with E-state index in [1.807, 2.05) is 6.07 Å². The molecule has 4 nitrogen and oxygen atoms in total. The van der Waals surface area contributed by atoms with Gasteiger partial charge in [-0.3, -0.25) is 0 Å². The Labute approximate surface area is 119 Å². The Morgan fingerprint density at radius 2 is 1.94 bits per heavy atom. The second kappa shape index (κ2) is 7.04. The number of hydrogen-bond donors (Lipinski definition) is 2. The molecular weight excluding hydrogens is 275 g/mol. The zero-order valence-corrected chi connectivity index (χ0v) is 11.6. The fourth-order valence-corrected chi connectivity index (χ4v) is 2.21. The Balaban J connectivity index is 0.000000810. The van der Waals surface area contributed by atoms with Gasteiger partial charge in [-0.25, -0.2) is 0 Å². The van der Waals surface area contributed by atoms with E-state index in [9.17, 15) is 0 Å². The van der Waals surface area contributed by atoms with Crippen molar-refractivity contribution in [1.29, 1.82) is 0 Å². The van der Waals surface area contributed by atoms with E-state index in [2.05, 4.69) is 22.8 Å². The van der Waals surface area contributed by atoms with Gasteiger partial charge < -0.3 is 20.1 Å². The van der Waals surface area contributed by atoms with Gasteiger partial charge >= 0.3 is 0 Å². The first kappa shape index (κ1) is 15.4. The molecule has 0 aliphatic carbocycles. The second-order valence-corrected chi connectivity index (χ2v) is 4.25. The van der Waals surface area contributed by atoms with E-state index >= 15 is 0 Å².